The monoisotopic (exact) mass is 311 g/mol. The van der Waals surface area contributed by atoms with Crippen LogP contribution in [0.5, 0.6) is 5.88 Å². The van der Waals surface area contributed by atoms with E-state index in [9.17, 15) is 14.9 Å². The van der Waals surface area contributed by atoms with Gasteiger partial charge >= 0.3 is 17.5 Å². The summed E-state index contributed by atoms with van der Waals surface area (Å²) in [6, 6.07) is 0. The highest BCUT2D eigenvalue weighted by molar-refractivity contribution is 5.88. The summed E-state index contributed by atoms with van der Waals surface area (Å²) in [6.07, 6.45) is 1.53. The number of fused-ring (bicyclic) bond motifs is 1. The lowest BCUT2D eigenvalue weighted by atomic mass is 10.2. The second-order valence-corrected chi connectivity index (χ2v) is 5.79. The molecule has 0 unspecified atom stereocenters. The molecule has 2 aliphatic carbocycles. The number of nitro groups is 1. The number of aliphatic hydroxyl groups excluding tert-OH is 1. The first-order valence-corrected chi connectivity index (χ1v) is 7.00. The van der Waals surface area contributed by atoms with Crippen LogP contribution < -0.4 is 4.74 Å². The van der Waals surface area contributed by atoms with Gasteiger partial charge in [-0.25, -0.2) is 0 Å². The molecule has 1 N–H and O–H groups in total. The van der Waals surface area contributed by atoms with Gasteiger partial charge in [-0.3, -0.25) is 19.6 Å². The van der Waals surface area contributed by atoms with Crippen LogP contribution in [-0.2, 0) is 15.1 Å². The van der Waals surface area contributed by atoms with Gasteiger partial charge in [0.05, 0.1) is 29.6 Å². The Labute approximate surface area is 126 Å². The lowest BCUT2D eigenvalue weighted by Gasteiger charge is -2.04. The summed E-state index contributed by atoms with van der Waals surface area (Å²) in [6.45, 7) is 1.67. The van der Waals surface area contributed by atoms with Crippen LogP contribution in [0.25, 0.3) is 0 Å². The van der Waals surface area contributed by atoms with Crippen LogP contribution in [-0.4, -0.2) is 46.1 Å². The second-order valence-electron chi connectivity index (χ2n) is 5.79. The van der Waals surface area contributed by atoms with E-state index in [1.54, 1.807) is 6.92 Å². The molecular weight excluding hydrogens is 294 g/mol. The van der Waals surface area contributed by atoms with E-state index in [0.29, 0.717) is 25.0 Å². The van der Waals surface area contributed by atoms with Crippen LogP contribution in [0.4, 0.5) is 5.69 Å². The van der Waals surface area contributed by atoms with Crippen molar-refractivity contribution >= 4 is 11.7 Å². The molecule has 0 amide bonds. The summed E-state index contributed by atoms with van der Waals surface area (Å²) in [5.41, 5.74) is -0.889. The number of carbonyl (C=O) groups excluding carboxylic acids is 1. The van der Waals surface area contributed by atoms with E-state index in [1.807, 2.05) is 0 Å². The first-order valence-electron chi connectivity index (χ1n) is 7.00. The molecule has 0 aromatic carbocycles. The highest BCUT2D eigenvalue weighted by Crippen LogP contribution is 2.84. The molecular formula is C13H17N3O6. The molecule has 2 saturated carbocycles. The van der Waals surface area contributed by atoms with Crippen molar-refractivity contribution < 1.29 is 24.3 Å². The zero-order chi connectivity index (χ0) is 16.1. The molecule has 1 aromatic heterocycles. The smallest absolute Gasteiger partial charge is 0.352 e. The molecule has 0 bridgehead atoms. The van der Waals surface area contributed by atoms with Gasteiger partial charge in [-0.05, 0) is 19.8 Å². The van der Waals surface area contributed by atoms with Gasteiger partial charge in [0, 0.05) is 13.0 Å². The number of hydrogen-bond donors (Lipinski definition) is 1. The standard InChI is InChI=1S/C13H17N3O6/c1-8-9(16(19)20)10(22-5-3-4-17)14-15(8)13-6-12(13,7-13)11(18)21-2/h17H,3-7H2,1-2H3. The fourth-order valence-electron chi connectivity index (χ4n) is 3.17. The molecule has 0 radical (unpaired) electrons. The molecule has 0 spiro atoms. The Kier molecular flexibility index (Phi) is 3.13. The molecule has 2 aliphatic rings. The predicted molar refractivity (Wildman–Crippen MR) is 72.5 cm³/mol. The van der Waals surface area contributed by atoms with Crippen molar-refractivity contribution in [2.45, 2.75) is 31.7 Å². The molecule has 9 nitrogen and oxygen atoms in total. The van der Waals surface area contributed by atoms with Crippen LogP contribution in [0.2, 0.25) is 0 Å². The molecule has 0 aliphatic heterocycles. The summed E-state index contributed by atoms with van der Waals surface area (Å²) in [5, 5.41) is 24.2. The molecule has 1 heterocycles. The van der Waals surface area contributed by atoms with E-state index < -0.39 is 15.9 Å². The van der Waals surface area contributed by atoms with Crippen LogP contribution in [0.3, 0.4) is 0 Å². The Morgan fingerprint density at radius 1 is 1.55 bits per heavy atom. The minimum absolute atomic E-state index is 0.0666. The summed E-state index contributed by atoms with van der Waals surface area (Å²) in [4.78, 5) is 22.5. The van der Waals surface area contributed by atoms with Crippen LogP contribution >= 0.6 is 0 Å². The third-order valence-electron chi connectivity index (χ3n) is 4.59. The van der Waals surface area contributed by atoms with E-state index in [4.69, 9.17) is 14.6 Å². The van der Waals surface area contributed by atoms with E-state index in [2.05, 4.69) is 5.10 Å². The number of hydrogen-bond acceptors (Lipinski definition) is 7. The van der Waals surface area contributed by atoms with Gasteiger partial charge < -0.3 is 14.6 Å². The molecule has 1 aromatic rings. The Morgan fingerprint density at radius 3 is 2.77 bits per heavy atom. The molecule has 2 fully saturated rings. The SMILES string of the molecule is COC(=O)C12CC1(n1nc(OCCCO)c([N+](=O)[O-])c1C)C2. The summed E-state index contributed by atoms with van der Waals surface area (Å²) in [5.74, 6) is -0.365. The van der Waals surface area contributed by atoms with Gasteiger partial charge in [0.1, 0.15) is 5.69 Å². The summed E-state index contributed by atoms with van der Waals surface area (Å²) in [7, 11) is 1.33. The largest absolute Gasteiger partial charge is 0.472 e. The number of ether oxygens (including phenoxy) is 2. The van der Waals surface area contributed by atoms with E-state index in [1.165, 1.54) is 11.8 Å². The van der Waals surface area contributed by atoms with Crippen molar-refractivity contribution in [3.05, 3.63) is 15.8 Å². The number of nitrogens with zero attached hydrogens (tertiary/aromatic N) is 3. The van der Waals surface area contributed by atoms with Gasteiger partial charge in [0.2, 0.25) is 0 Å². The minimum Gasteiger partial charge on any atom is -0.472 e. The van der Waals surface area contributed by atoms with E-state index >= 15 is 0 Å². The van der Waals surface area contributed by atoms with Crippen molar-refractivity contribution in [2.24, 2.45) is 5.41 Å². The van der Waals surface area contributed by atoms with Crippen LogP contribution in [0.15, 0.2) is 0 Å². The number of rotatable bonds is 7. The van der Waals surface area contributed by atoms with Gasteiger partial charge in [-0.1, -0.05) is 0 Å². The first kappa shape index (κ1) is 14.8. The summed E-state index contributed by atoms with van der Waals surface area (Å²) < 4.78 is 11.6. The maximum Gasteiger partial charge on any atom is 0.352 e. The quantitative estimate of drug-likeness (QED) is 0.337. The fraction of sp³-hybridized carbons (Fsp3) is 0.692. The van der Waals surface area contributed by atoms with Crippen molar-refractivity contribution in [2.75, 3.05) is 20.3 Å². The van der Waals surface area contributed by atoms with Crippen molar-refractivity contribution in [1.82, 2.24) is 9.78 Å². The Balaban J connectivity index is 1.90. The fourth-order valence-corrected chi connectivity index (χ4v) is 3.17. The van der Waals surface area contributed by atoms with Crippen LogP contribution in [0, 0.1) is 22.5 Å². The highest BCUT2D eigenvalue weighted by Gasteiger charge is 2.90. The zero-order valence-corrected chi connectivity index (χ0v) is 12.4. The molecule has 120 valence electrons. The van der Waals surface area contributed by atoms with Gasteiger partial charge in [0.15, 0.2) is 0 Å². The average molecular weight is 311 g/mol. The predicted octanol–water partition coefficient (Wildman–Crippen LogP) is 0.523. The Hall–Kier alpha value is -2.16. The molecule has 22 heavy (non-hydrogen) atoms. The highest BCUT2D eigenvalue weighted by atomic mass is 16.6. The molecule has 3 rings (SSSR count). The normalized spacial score (nSPS) is 28.0. The van der Waals surface area contributed by atoms with Crippen LogP contribution in [0.1, 0.15) is 25.0 Å². The zero-order valence-electron chi connectivity index (χ0n) is 12.4. The van der Waals surface area contributed by atoms with Gasteiger partial charge in [0.25, 0.3) is 0 Å². The van der Waals surface area contributed by atoms with Crippen molar-refractivity contribution in [3.63, 3.8) is 0 Å². The topological polar surface area (TPSA) is 117 Å². The number of methoxy groups -OCH3 is 1. The number of esters is 1. The van der Waals surface area contributed by atoms with Gasteiger partial charge in [-0.15, -0.1) is 5.10 Å². The number of aromatic nitrogens is 2. The third kappa shape index (κ3) is 1.75. The summed E-state index contributed by atoms with van der Waals surface area (Å²) >= 11 is 0. The van der Waals surface area contributed by atoms with E-state index in [-0.39, 0.29) is 30.8 Å². The Morgan fingerprint density at radius 2 is 2.23 bits per heavy atom. The maximum absolute atomic E-state index is 11.8. The molecule has 0 saturated heterocycles. The minimum atomic E-state index is -0.575. The maximum atomic E-state index is 11.8. The Bertz CT molecular complexity index is 646. The average Bonchev–Trinajstić information content (AvgIpc) is 3.26. The lowest BCUT2D eigenvalue weighted by molar-refractivity contribution is -0.386. The van der Waals surface area contributed by atoms with Crippen molar-refractivity contribution in [3.8, 4) is 5.88 Å². The third-order valence-corrected chi connectivity index (χ3v) is 4.59. The molecule has 9 heteroatoms. The van der Waals surface area contributed by atoms with Crippen molar-refractivity contribution in [1.29, 1.82) is 0 Å². The van der Waals surface area contributed by atoms with Gasteiger partial charge in [-0.2, -0.15) is 0 Å². The molecule has 0 atom stereocenters. The number of aliphatic hydroxyl groups is 1. The van der Waals surface area contributed by atoms with E-state index in [0.717, 1.165) is 0 Å². The second kappa shape index (κ2) is 4.67. The number of carbonyl (C=O) groups is 1. The first-order chi connectivity index (χ1) is 10.4. The lowest BCUT2D eigenvalue weighted by Crippen LogP contribution is -2.13.